The third-order valence-electron chi connectivity index (χ3n) is 17.0. The summed E-state index contributed by atoms with van der Waals surface area (Å²) in [5, 5.41) is 10.6. The number of carbonyl (C=O) groups is 4. The first-order valence-electron chi connectivity index (χ1n) is 40.5. The van der Waals surface area contributed by atoms with E-state index in [0.29, 0.717) is 32.1 Å². The van der Waals surface area contributed by atoms with Gasteiger partial charge in [0.1, 0.15) is 19.3 Å². The summed E-state index contributed by atoms with van der Waals surface area (Å²) in [5.41, 5.74) is 0. The maximum atomic E-state index is 13.1. The Balaban J connectivity index is 5.40. The Morgan fingerprint density at radius 2 is 0.529 bits per heavy atom. The lowest BCUT2D eigenvalue weighted by molar-refractivity contribution is -0.161. The lowest BCUT2D eigenvalue weighted by atomic mass is 10.0. The van der Waals surface area contributed by atoms with Crippen molar-refractivity contribution in [3.05, 3.63) is 97.2 Å². The largest absolute Gasteiger partial charge is 0.472 e. The number of aliphatic hydroxyl groups excluding tert-OH is 1. The highest BCUT2D eigenvalue weighted by atomic mass is 31.2. The molecule has 19 heteroatoms. The molecule has 0 aliphatic carbocycles. The molecule has 5 atom stereocenters. The van der Waals surface area contributed by atoms with Gasteiger partial charge in [-0.2, -0.15) is 0 Å². The van der Waals surface area contributed by atoms with Gasteiger partial charge >= 0.3 is 39.5 Å². The molecule has 0 aliphatic rings. The summed E-state index contributed by atoms with van der Waals surface area (Å²) in [7, 11) is -9.97. The quantitative estimate of drug-likeness (QED) is 0.0169. The van der Waals surface area contributed by atoms with E-state index in [1.165, 1.54) is 128 Å². The molecule has 17 nitrogen and oxygen atoms in total. The topological polar surface area (TPSA) is 237 Å². The van der Waals surface area contributed by atoms with Crippen molar-refractivity contribution in [1.29, 1.82) is 0 Å². The van der Waals surface area contributed by atoms with Crippen molar-refractivity contribution in [2.45, 2.75) is 367 Å². The molecule has 0 saturated heterocycles. The Morgan fingerprint density at radius 3 is 0.843 bits per heavy atom. The highest BCUT2D eigenvalue weighted by Crippen LogP contribution is 2.45. The molecule has 0 rings (SSSR count). The van der Waals surface area contributed by atoms with Crippen LogP contribution in [0.3, 0.4) is 0 Å². The number of allylic oxidation sites excluding steroid dienone is 16. The van der Waals surface area contributed by atoms with Gasteiger partial charge in [-0.25, -0.2) is 9.13 Å². The molecule has 0 amide bonds. The van der Waals surface area contributed by atoms with Crippen molar-refractivity contribution in [2.75, 3.05) is 39.6 Å². The fraction of sp³-hybridized carbons (Fsp3) is 0.759. The number of carbonyl (C=O) groups excluding carboxylic acids is 4. The summed E-state index contributed by atoms with van der Waals surface area (Å²) in [4.78, 5) is 73.0. The second-order valence-corrected chi connectivity index (χ2v) is 29.9. The van der Waals surface area contributed by atoms with Gasteiger partial charge in [-0.3, -0.25) is 37.3 Å². The maximum Gasteiger partial charge on any atom is 0.472 e. The highest BCUT2D eigenvalue weighted by molar-refractivity contribution is 7.47. The predicted molar refractivity (Wildman–Crippen MR) is 418 cm³/mol. The number of ether oxygens (including phenoxy) is 4. The Bertz CT molecular complexity index is 2310. The Kier molecular flexibility index (Phi) is 72.3. The van der Waals surface area contributed by atoms with Crippen LogP contribution in [0.2, 0.25) is 0 Å². The number of esters is 4. The molecule has 0 bridgehead atoms. The second-order valence-electron chi connectivity index (χ2n) is 27.0. The van der Waals surface area contributed by atoms with E-state index in [-0.39, 0.29) is 25.7 Å². The van der Waals surface area contributed by atoms with Crippen LogP contribution in [0, 0.1) is 0 Å². The van der Waals surface area contributed by atoms with E-state index in [9.17, 15) is 43.2 Å². The summed E-state index contributed by atoms with van der Waals surface area (Å²) >= 11 is 0. The van der Waals surface area contributed by atoms with E-state index in [1.54, 1.807) is 0 Å². The van der Waals surface area contributed by atoms with Crippen molar-refractivity contribution >= 4 is 39.5 Å². The van der Waals surface area contributed by atoms with Gasteiger partial charge in [-0.05, 0) is 116 Å². The van der Waals surface area contributed by atoms with Crippen molar-refractivity contribution in [2.24, 2.45) is 0 Å². The number of phosphoric acid groups is 2. The van der Waals surface area contributed by atoms with Gasteiger partial charge in [-0.1, -0.05) is 305 Å². The highest BCUT2D eigenvalue weighted by Gasteiger charge is 2.30. The Morgan fingerprint density at radius 1 is 0.284 bits per heavy atom. The van der Waals surface area contributed by atoms with Crippen LogP contribution in [0.15, 0.2) is 97.2 Å². The van der Waals surface area contributed by atoms with E-state index in [1.807, 2.05) is 18.2 Å². The lowest BCUT2D eigenvalue weighted by Gasteiger charge is -2.21. The first kappa shape index (κ1) is 98.0. The molecule has 0 fully saturated rings. The number of unbranched alkanes of at least 4 members (excludes halogenated alkanes) is 34. The normalized spacial score (nSPS) is 14.4. The predicted octanol–water partition coefficient (Wildman–Crippen LogP) is 23.6. The fourth-order valence-electron chi connectivity index (χ4n) is 10.9. The molecule has 0 radical (unpaired) electrons. The minimum atomic E-state index is -4.99. The molecular formula is C83H146O17P2. The van der Waals surface area contributed by atoms with Crippen LogP contribution < -0.4 is 0 Å². The van der Waals surface area contributed by atoms with E-state index in [0.717, 1.165) is 135 Å². The first-order valence-corrected chi connectivity index (χ1v) is 43.5. The summed E-state index contributed by atoms with van der Waals surface area (Å²) < 4.78 is 68.5. The molecule has 0 heterocycles. The Hall–Kier alpha value is -4.02. The smallest absolute Gasteiger partial charge is 0.462 e. The maximum absolute atomic E-state index is 13.1. The molecule has 0 aliphatic heterocycles. The van der Waals surface area contributed by atoms with Crippen LogP contribution in [0.4, 0.5) is 0 Å². The summed E-state index contributed by atoms with van der Waals surface area (Å²) in [6.07, 6.45) is 79.7. The lowest BCUT2D eigenvalue weighted by Crippen LogP contribution is -2.30. The molecule has 102 heavy (non-hydrogen) atoms. The summed E-state index contributed by atoms with van der Waals surface area (Å²) in [5.74, 6) is -2.27. The second kappa shape index (κ2) is 75.2. The van der Waals surface area contributed by atoms with Crippen molar-refractivity contribution in [3.63, 3.8) is 0 Å². The van der Waals surface area contributed by atoms with Crippen molar-refractivity contribution < 1.29 is 80.2 Å². The minimum Gasteiger partial charge on any atom is -0.462 e. The number of hydrogen-bond donors (Lipinski definition) is 3. The average molecular weight is 1480 g/mol. The third-order valence-corrected chi connectivity index (χ3v) is 18.9. The minimum absolute atomic E-state index is 0.0351. The van der Waals surface area contributed by atoms with E-state index in [4.69, 9.17) is 37.0 Å². The Labute approximate surface area is 620 Å². The first-order chi connectivity index (χ1) is 49.7. The van der Waals surface area contributed by atoms with Gasteiger partial charge < -0.3 is 33.8 Å². The van der Waals surface area contributed by atoms with E-state index in [2.05, 4.69) is 107 Å². The molecule has 5 unspecified atom stereocenters. The van der Waals surface area contributed by atoms with Crippen LogP contribution >= 0.6 is 15.6 Å². The zero-order chi connectivity index (χ0) is 74.6. The van der Waals surface area contributed by atoms with Gasteiger partial charge in [0.15, 0.2) is 12.2 Å². The molecule has 3 N–H and O–H groups in total. The van der Waals surface area contributed by atoms with Crippen molar-refractivity contribution in [1.82, 2.24) is 0 Å². The molecule has 0 saturated carbocycles. The van der Waals surface area contributed by atoms with Gasteiger partial charge in [0.25, 0.3) is 0 Å². The number of rotatable bonds is 76. The van der Waals surface area contributed by atoms with Crippen LogP contribution in [-0.4, -0.2) is 96.7 Å². The van der Waals surface area contributed by atoms with Crippen LogP contribution in [-0.2, 0) is 65.4 Å². The zero-order valence-electron chi connectivity index (χ0n) is 64.5. The van der Waals surface area contributed by atoms with Crippen LogP contribution in [0.25, 0.3) is 0 Å². The van der Waals surface area contributed by atoms with E-state index >= 15 is 0 Å². The monoisotopic (exact) mass is 1480 g/mol. The molecule has 0 aromatic carbocycles. The zero-order valence-corrected chi connectivity index (χ0v) is 66.3. The van der Waals surface area contributed by atoms with Crippen LogP contribution in [0.1, 0.15) is 349 Å². The standard InChI is InChI=1S/C83H146O17P2/c1-5-9-13-17-21-25-29-33-36-37-38-39-42-45-48-52-56-60-64-68-81(86)94-74-79(100-83(88)70-66-62-58-54-50-46-41-35-31-27-23-19-15-11-7-3)76-98-102(91,92)96-72-77(84)71-95-101(89,90)97-75-78(99-82(87)69-65-61-57-53-49-43-32-28-24-20-16-12-8-4)73-93-80(85)67-63-59-55-51-47-44-40-34-30-26-22-18-14-10-6-2/h9,13,21,25,33-36,38-41,45,48,56,60,77-79,84H,5-8,10-12,14-20,22-24,26-32,37,42-44,46-47,49-55,57-59,61-76H2,1-4H3,(H,89,90)(H,91,92)/b13-9-,25-21-,36-33-,39-38-,40-34-,41-35-,48-45-,60-56-. The van der Waals surface area contributed by atoms with Gasteiger partial charge in [0.05, 0.1) is 26.4 Å². The van der Waals surface area contributed by atoms with Crippen molar-refractivity contribution in [3.8, 4) is 0 Å². The summed E-state index contributed by atoms with van der Waals surface area (Å²) in [6, 6.07) is 0. The SMILES string of the molecule is CC/C=C\C/C=C\C/C=C\C/C=C\C/C=C\C/C=C\CCC(=O)OCC(COP(=O)(O)OCC(O)COP(=O)(O)OCC(COC(=O)CCCCCCC/C=C\CCCCCCCC)OC(=O)CCCCCCCCCCCCCCC)OC(=O)CCCCCCC/C=C\CCCCCCCC. The number of phosphoric ester groups is 2. The van der Waals surface area contributed by atoms with Crippen LogP contribution in [0.5, 0.6) is 0 Å². The molecule has 0 aromatic heterocycles. The fourth-order valence-corrected chi connectivity index (χ4v) is 12.5. The van der Waals surface area contributed by atoms with E-state index < -0.39 is 97.5 Å². The third kappa shape index (κ3) is 74.3. The number of hydrogen-bond acceptors (Lipinski definition) is 15. The molecule has 590 valence electrons. The average Bonchev–Trinajstić information content (AvgIpc) is 0.924. The molecule has 0 aromatic rings. The number of aliphatic hydroxyl groups is 1. The molecule has 0 spiro atoms. The summed E-state index contributed by atoms with van der Waals surface area (Å²) in [6.45, 7) is 4.70. The molecular weight excluding hydrogens is 1330 g/mol. The van der Waals surface area contributed by atoms with Gasteiger partial charge in [0, 0.05) is 25.7 Å². The van der Waals surface area contributed by atoms with Gasteiger partial charge in [0.2, 0.25) is 0 Å². The van der Waals surface area contributed by atoms with Gasteiger partial charge in [-0.15, -0.1) is 0 Å².